The largest absolute Gasteiger partial charge is 0.486 e. The molecule has 1 aliphatic rings. The van der Waals surface area contributed by atoms with Crippen LogP contribution in [-0.2, 0) is 28.6 Å². The van der Waals surface area contributed by atoms with Gasteiger partial charge in [0.05, 0.1) is 0 Å². The number of allylic oxidation sites excluding steroid dienone is 4. The lowest BCUT2D eigenvalue weighted by Gasteiger charge is -2.18. The number of hydrogen-bond acceptors (Lipinski definition) is 8. The Morgan fingerprint density at radius 2 is 1.28 bits per heavy atom. The maximum absolute atomic E-state index is 11.7. The maximum Gasteiger partial charge on any atom is 0.338 e. The van der Waals surface area contributed by atoms with E-state index in [1.165, 1.54) is 0 Å². The maximum atomic E-state index is 11.7. The quantitative estimate of drug-likeness (QED) is 0.165. The van der Waals surface area contributed by atoms with Gasteiger partial charge in [0.15, 0.2) is 11.5 Å². The third-order valence-electron chi connectivity index (χ3n) is 4.84. The van der Waals surface area contributed by atoms with Gasteiger partial charge in [-0.05, 0) is 56.5 Å². The Balaban J connectivity index is 2.12. The molecule has 1 aliphatic carbocycles. The number of esters is 3. The fraction of sp³-hybridized carbons (Fsp3) is 0.321. The highest BCUT2D eigenvalue weighted by molar-refractivity contribution is 5.88. The van der Waals surface area contributed by atoms with Gasteiger partial charge in [-0.2, -0.15) is 0 Å². The number of hydrogen-bond donors (Lipinski definition) is 0. The summed E-state index contributed by atoms with van der Waals surface area (Å²) < 4.78 is 27.0. The molecule has 0 saturated carbocycles. The summed E-state index contributed by atoms with van der Waals surface area (Å²) in [6, 6.07) is 5.46. The molecule has 0 bridgehead atoms. The first kappa shape index (κ1) is 28.2. The second kappa shape index (κ2) is 13.7. The van der Waals surface area contributed by atoms with E-state index in [1.54, 1.807) is 32.9 Å². The van der Waals surface area contributed by atoms with E-state index >= 15 is 0 Å². The van der Waals surface area contributed by atoms with Crippen molar-refractivity contribution in [1.29, 1.82) is 0 Å². The van der Waals surface area contributed by atoms with Gasteiger partial charge in [-0.3, -0.25) is 0 Å². The Kier molecular flexibility index (Phi) is 10.7. The second-order valence-corrected chi connectivity index (χ2v) is 8.19. The highest BCUT2D eigenvalue weighted by Crippen LogP contribution is 2.34. The zero-order valence-electron chi connectivity index (χ0n) is 21.0. The molecule has 8 heteroatoms. The Hall–Kier alpha value is -4.07. The highest BCUT2D eigenvalue weighted by Gasteiger charge is 2.16. The SMILES string of the molecule is C=C(C)C(=O)OCCOc1ccc(C2=CC=C(OC(=O)C(=C)C)CC2)cc1OCCOC(=O)C(=C)C. The molecule has 8 nitrogen and oxygen atoms in total. The minimum absolute atomic E-state index is 0.0362. The lowest BCUT2D eigenvalue weighted by Crippen LogP contribution is -2.14. The Morgan fingerprint density at radius 3 is 1.78 bits per heavy atom. The van der Waals surface area contributed by atoms with Gasteiger partial charge in [-0.1, -0.05) is 31.9 Å². The van der Waals surface area contributed by atoms with Gasteiger partial charge in [-0.25, -0.2) is 14.4 Å². The van der Waals surface area contributed by atoms with Gasteiger partial charge < -0.3 is 23.7 Å². The van der Waals surface area contributed by atoms with Crippen molar-refractivity contribution in [3.63, 3.8) is 0 Å². The van der Waals surface area contributed by atoms with Crippen molar-refractivity contribution in [2.75, 3.05) is 26.4 Å². The molecular weight excluding hydrogens is 464 g/mol. The molecule has 0 heterocycles. The number of rotatable bonds is 13. The monoisotopic (exact) mass is 496 g/mol. The normalized spacial score (nSPS) is 12.4. The summed E-state index contributed by atoms with van der Waals surface area (Å²) in [5.74, 6) is 0.0260. The van der Waals surface area contributed by atoms with Gasteiger partial charge >= 0.3 is 17.9 Å². The van der Waals surface area contributed by atoms with Gasteiger partial charge in [0, 0.05) is 23.1 Å². The van der Waals surface area contributed by atoms with Crippen molar-refractivity contribution in [2.45, 2.75) is 33.6 Å². The zero-order chi connectivity index (χ0) is 26.7. The Bertz CT molecular complexity index is 1110. The number of benzene rings is 1. The topological polar surface area (TPSA) is 97.4 Å². The number of carbonyl (C=O) groups excluding carboxylic acids is 3. The van der Waals surface area contributed by atoms with Gasteiger partial charge in [-0.15, -0.1) is 0 Å². The molecule has 0 aliphatic heterocycles. The minimum Gasteiger partial charge on any atom is -0.486 e. The van der Waals surface area contributed by atoms with Gasteiger partial charge in [0.2, 0.25) is 0 Å². The molecule has 2 rings (SSSR count). The summed E-state index contributed by atoms with van der Waals surface area (Å²) in [6.45, 7) is 15.7. The summed E-state index contributed by atoms with van der Waals surface area (Å²) in [7, 11) is 0. The molecular formula is C28H32O8. The molecule has 0 atom stereocenters. The lowest BCUT2D eigenvalue weighted by atomic mass is 9.96. The van der Waals surface area contributed by atoms with Crippen molar-refractivity contribution >= 4 is 23.5 Å². The van der Waals surface area contributed by atoms with Crippen LogP contribution in [0.15, 0.2) is 72.6 Å². The molecule has 0 fully saturated rings. The molecule has 1 aromatic carbocycles. The van der Waals surface area contributed by atoms with E-state index < -0.39 is 17.9 Å². The van der Waals surface area contributed by atoms with Crippen LogP contribution in [0.3, 0.4) is 0 Å². The fourth-order valence-corrected chi connectivity index (χ4v) is 2.91. The van der Waals surface area contributed by atoms with Crippen LogP contribution in [-0.4, -0.2) is 44.3 Å². The predicted octanol–water partition coefficient (Wildman–Crippen LogP) is 4.86. The second-order valence-electron chi connectivity index (χ2n) is 8.19. The molecule has 0 amide bonds. The van der Waals surface area contributed by atoms with E-state index in [0.29, 0.717) is 46.8 Å². The summed E-state index contributed by atoms with van der Waals surface area (Å²) >= 11 is 0. The average Bonchev–Trinajstić information content (AvgIpc) is 2.84. The van der Waals surface area contributed by atoms with Crippen molar-refractivity contribution in [2.24, 2.45) is 0 Å². The fourth-order valence-electron chi connectivity index (χ4n) is 2.91. The summed E-state index contributed by atoms with van der Waals surface area (Å²) in [5, 5.41) is 0. The van der Waals surface area contributed by atoms with E-state index in [1.807, 2.05) is 18.2 Å². The van der Waals surface area contributed by atoms with Crippen molar-refractivity contribution < 1.29 is 38.1 Å². The molecule has 0 radical (unpaired) electrons. The Labute approximate surface area is 211 Å². The van der Waals surface area contributed by atoms with Crippen LogP contribution >= 0.6 is 0 Å². The van der Waals surface area contributed by atoms with Crippen LogP contribution < -0.4 is 9.47 Å². The average molecular weight is 497 g/mol. The van der Waals surface area contributed by atoms with Crippen LogP contribution in [0.5, 0.6) is 11.5 Å². The third-order valence-corrected chi connectivity index (χ3v) is 4.84. The van der Waals surface area contributed by atoms with E-state index in [2.05, 4.69) is 19.7 Å². The van der Waals surface area contributed by atoms with E-state index in [0.717, 1.165) is 11.1 Å². The van der Waals surface area contributed by atoms with Crippen LogP contribution in [0.2, 0.25) is 0 Å². The van der Waals surface area contributed by atoms with E-state index in [4.69, 9.17) is 23.7 Å². The first-order chi connectivity index (χ1) is 17.1. The predicted molar refractivity (Wildman–Crippen MR) is 135 cm³/mol. The first-order valence-electron chi connectivity index (χ1n) is 11.4. The highest BCUT2D eigenvalue weighted by atomic mass is 16.6. The molecule has 0 unspecified atom stereocenters. The molecule has 36 heavy (non-hydrogen) atoms. The van der Waals surface area contributed by atoms with Crippen molar-refractivity contribution in [1.82, 2.24) is 0 Å². The standard InChI is InChI=1S/C28H32O8/c1-18(2)26(29)34-15-13-32-24-12-9-22(17-25(24)33-14-16-35-27(30)19(3)4)21-7-10-23(11-8-21)36-28(31)20(5)6/h7,9-10,12,17H,1,3,5,8,11,13-16H2,2,4,6H3. The first-order valence-corrected chi connectivity index (χ1v) is 11.4. The smallest absolute Gasteiger partial charge is 0.338 e. The summed E-state index contributed by atoms with van der Waals surface area (Å²) in [4.78, 5) is 34.9. The van der Waals surface area contributed by atoms with E-state index in [-0.39, 0.29) is 26.4 Å². The number of ether oxygens (including phenoxy) is 5. The van der Waals surface area contributed by atoms with Gasteiger partial charge in [0.25, 0.3) is 0 Å². The van der Waals surface area contributed by atoms with Crippen LogP contribution in [0.1, 0.15) is 39.2 Å². The summed E-state index contributed by atoms with van der Waals surface area (Å²) in [5.41, 5.74) is 2.86. The van der Waals surface area contributed by atoms with Crippen molar-refractivity contribution in [3.05, 3.63) is 78.1 Å². The molecule has 192 valence electrons. The van der Waals surface area contributed by atoms with Crippen LogP contribution in [0, 0.1) is 0 Å². The molecule has 1 aromatic rings. The van der Waals surface area contributed by atoms with Gasteiger partial charge in [0.1, 0.15) is 32.2 Å². The van der Waals surface area contributed by atoms with Crippen LogP contribution in [0.25, 0.3) is 5.57 Å². The Morgan fingerprint density at radius 1 is 0.722 bits per heavy atom. The molecule has 0 spiro atoms. The van der Waals surface area contributed by atoms with E-state index in [9.17, 15) is 14.4 Å². The molecule has 0 N–H and O–H groups in total. The third kappa shape index (κ3) is 8.94. The molecule has 0 aromatic heterocycles. The summed E-state index contributed by atoms with van der Waals surface area (Å²) in [6.07, 6.45) is 4.86. The van der Waals surface area contributed by atoms with Crippen molar-refractivity contribution in [3.8, 4) is 11.5 Å². The minimum atomic E-state index is -0.495. The number of carbonyl (C=O) groups is 3. The lowest BCUT2D eigenvalue weighted by molar-refractivity contribution is -0.140. The molecule has 0 saturated heterocycles. The zero-order valence-corrected chi connectivity index (χ0v) is 21.0. The van der Waals surface area contributed by atoms with Crippen LogP contribution in [0.4, 0.5) is 0 Å².